The molecule has 1 aromatic heterocycles. The van der Waals surface area contributed by atoms with Crippen molar-refractivity contribution in [1.82, 2.24) is 15.1 Å². The first kappa shape index (κ1) is 20.3. The summed E-state index contributed by atoms with van der Waals surface area (Å²) in [7, 11) is 0. The van der Waals surface area contributed by atoms with E-state index in [0.717, 1.165) is 5.01 Å². The van der Waals surface area contributed by atoms with E-state index in [1.807, 2.05) is 0 Å². The van der Waals surface area contributed by atoms with E-state index < -0.39 is 0 Å². The fourth-order valence-electron chi connectivity index (χ4n) is 4.13. The third-order valence-corrected chi connectivity index (χ3v) is 7.12. The molecule has 1 saturated heterocycles. The molecule has 4 rings (SSSR count). The lowest BCUT2D eigenvalue weighted by Crippen LogP contribution is -2.41. The minimum atomic E-state index is -0.105. The van der Waals surface area contributed by atoms with Crippen LogP contribution in [-0.4, -0.2) is 40.0 Å². The number of nitrogens with one attached hydrogen (secondary N) is 1. The van der Waals surface area contributed by atoms with Gasteiger partial charge in [-0.2, -0.15) is 0 Å². The van der Waals surface area contributed by atoms with E-state index in [9.17, 15) is 9.59 Å². The number of halogens is 1. The number of hydrogen-bond acceptors (Lipinski definition) is 5. The van der Waals surface area contributed by atoms with Gasteiger partial charge in [0.1, 0.15) is 5.01 Å². The topological polar surface area (TPSA) is 75.2 Å². The average molecular weight is 433 g/mol. The van der Waals surface area contributed by atoms with E-state index in [1.54, 1.807) is 29.2 Å². The molecule has 1 N–H and O–H groups in total. The molecular formula is C21H25ClN4O2S. The molecule has 1 aliphatic heterocycles. The predicted octanol–water partition coefficient (Wildman–Crippen LogP) is 4.73. The summed E-state index contributed by atoms with van der Waals surface area (Å²) in [6.07, 6.45) is 7.45. The van der Waals surface area contributed by atoms with Gasteiger partial charge in [-0.15, -0.1) is 10.2 Å². The number of nitrogens with zero attached hydrogens (tertiary/aromatic N) is 3. The highest BCUT2D eigenvalue weighted by Gasteiger charge is 2.29. The number of rotatable bonds is 4. The summed E-state index contributed by atoms with van der Waals surface area (Å²) in [4.78, 5) is 27.0. The Morgan fingerprint density at radius 1 is 1.00 bits per heavy atom. The van der Waals surface area contributed by atoms with Crippen LogP contribution in [0.5, 0.6) is 0 Å². The van der Waals surface area contributed by atoms with Crippen LogP contribution in [0.4, 0.5) is 5.13 Å². The molecule has 154 valence electrons. The molecule has 0 atom stereocenters. The van der Waals surface area contributed by atoms with Crippen molar-refractivity contribution >= 4 is 39.9 Å². The van der Waals surface area contributed by atoms with Crippen molar-refractivity contribution in [3.05, 3.63) is 39.9 Å². The van der Waals surface area contributed by atoms with Crippen LogP contribution in [0.2, 0.25) is 5.02 Å². The molecule has 1 saturated carbocycles. The monoisotopic (exact) mass is 432 g/mol. The molecular weight excluding hydrogens is 408 g/mol. The quantitative estimate of drug-likeness (QED) is 0.757. The molecule has 0 unspecified atom stereocenters. The summed E-state index contributed by atoms with van der Waals surface area (Å²) in [5.41, 5.74) is 0.626. The van der Waals surface area contributed by atoms with E-state index in [4.69, 9.17) is 11.6 Å². The van der Waals surface area contributed by atoms with Gasteiger partial charge in [-0.1, -0.05) is 42.2 Å². The number of benzene rings is 1. The third kappa shape index (κ3) is 4.95. The lowest BCUT2D eigenvalue weighted by molar-refractivity contribution is -0.121. The Kier molecular flexibility index (Phi) is 6.45. The van der Waals surface area contributed by atoms with Crippen LogP contribution < -0.4 is 5.32 Å². The highest BCUT2D eigenvalue weighted by molar-refractivity contribution is 7.15. The van der Waals surface area contributed by atoms with Crippen LogP contribution in [-0.2, 0) is 4.79 Å². The Bertz CT molecular complexity index is 856. The number of carbonyl (C=O) groups excluding carboxylic acids is 2. The second-order valence-corrected chi connectivity index (χ2v) is 9.29. The van der Waals surface area contributed by atoms with Gasteiger partial charge in [-0.3, -0.25) is 9.59 Å². The van der Waals surface area contributed by atoms with Crippen molar-refractivity contribution in [3.63, 3.8) is 0 Å². The van der Waals surface area contributed by atoms with Crippen LogP contribution in [0.3, 0.4) is 0 Å². The number of piperidine rings is 1. The lowest BCUT2D eigenvalue weighted by Gasteiger charge is -2.31. The Morgan fingerprint density at radius 3 is 2.38 bits per heavy atom. The fourth-order valence-corrected chi connectivity index (χ4v) is 5.17. The zero-order valence-electron chi connectivity index (χ0n) is 16.3. The average Bonchev–Trinajstić information content (AvgIpc) is 3.23. The molecule has 2 heterocycles. The molecule has 1 aliphatic carbocycles. The van der Waals surface area contributed by atoms with Crippen LogP contribution >= 0.6 is 22.9 Å². The predicted molar refractivity (Wildman–Crippen MR) is 114 cm³/mol. The zero-order valence-corrected chi connectivity index (χ0v) is 17.8. The largest absolute Gasteiger partial charge is 0.339 e. The van der Waals surface area contributed by atoms with E-state index in [2.05, 4.69) is 15.5 Å². The Hall–Kier alpha value is -1.99. The van der Waals surface area contributed by atoms with Gasteiger partial charge < -0.3 is 10.2 Å². The molecule has 2 amide bonds. The summed E-state index contributed by atoms with van der Waals surface area (Å²) in [5, 5.41) is 13.7. The molecule has 0 spiro atoms. The number of anilines is 1. The molecule has 2 fully saturated rings. The molecule has 29 heavy (non-hydrogen) atoms. The van der Waals surface area contributed by atoms with Gasteiger partial charge in [-0.25, -0.2) is 0 Å². The summed E-state index contributed by atoms with van der Waals surface area (Å²) >= 11 is 7.40. The molecule has 0 radical (unpaired) electrons. The lowest BCUT2D eigenvalue weighted by atomic mass is 9.90. The van der Waals surface area contributed by atoms with Crippen molar-refractivity contribution in [2.45, 2.75) is 50.9 Å². The molecule has 0 bridgehead atoms. The summed E-state index contributed by atoms with van der Waals surface area (Å²) in [6.45, 7) is 1.14. The number of amides is 2. The highest BCUT2D eigenvalue weighted by atomic mass is 35.5. The molecule has 1 aromatic carbocycles. The van der Waals surface area contributed by atoms with Gasteiger partial charge in [0.15, 0.2) is 0 Å². The van der Waals surface area contributed by atoms with E-state index in [-0.39, 0.29) is 17.7 Å². The normalized spacial score (nSPS) is 18.6. The summed E-state index contributed by atoms with van der Waals surface area (Å²) in [6, 6.07) is 6.92. The third-order valence-electron chi connectivity index (χ3n) is 5.87. The summed E-state index contributed by atoms with van der Waals surface area (Å²) < 4.78 is 0. The second kappa shape index (κ2) is 9.22. The Balaban J connectivity index is 1.28. The van der Waals surface area contributed by atoms with E-state index in [0.29, 0.717) is 47.6 Å². The molecule has 2 aromatic rings. The van der Waals surface area contributed by atoms with Gasteiger partial charge in [-0.05, 0) is 49.9 Å². The maximum atomic E-state index is 12.6. The zero-order chi connectivity index (χ0) is 20.2. The highest BCUT2D eigenvalue weighted by Crippen LogP contribution is 2.35. The molecule has 8 heteroatoms. The van der Waals surface area contributed by atoms with Crippen LogP contribution in [0.1, 0.15) is 66.2 Å². The maximum absolute atomic E-state index is 12.6. The second-order valence-electron chi connectivity index (χ2n) is 7.84. The van der Waals surface area contributed by atoms with Crippen molar-refractivity contribution in [2.24, 2.45) is 5.92 Å². The first-order valence-electron chi connectivity index (χ1n) is 10.3. The van der Waals surface area contributed by atoms with Crippen LogP contribution in [0.15, 0.2) is 24.3 Å². The smallest absolute Gasteiger partial charge is 0.253 e. The number of likely N-dealkylation sites (tertiary alicyclic amines) is 1. The van der Waals surface area contributed by atoms with Gasteiger partial charge in [0, 0.05) is 35.5 Å². The van der Waals surface area contributed by atoms with Crippen LogP contribution in [0, 0.1) is 5.92 Å². The SMILES string of the molecule is O=C(Nc1nnc(C2CCCCC2)s1)C1CCN(C(=O)c2ccc(Cl)cc2)CC1. The van der Waals surface area contributed by atoms with Gasteiger partial charge in [0.05, 0.1) is 0 Å². The summed E-state index contributed by atoms with van der Waals surface area (Å²) in [5.74, 6) is 0.358. The minimum Gasteiger partial charge on any atom is -0.339 e. The Morgan fingerprint density at radius 2 is 1.69 bits per heavy atom. The van der Waals surface area contributed by atoms with Gasteiger partial charge in [0.2, 0.25) is 11.0 Å². The van der Waals surface area contributed by atoms with Gasteiger partial charge in [0.25, 0.3) is 5.91 Å². The van der Waals surface area contributed by atoms with Crippen LogP contribution in [0.25, 0.3) is 0 Å². The minimum absolute atomic E-state index is 0.0122. The van der Waals surface area contributed by atoms with Gasteiger partial charge >= 0.3 is 0 Å². The van der Waals surface area contributed by atoms with Crippen molar-refractivity contribution in [1.29, 1.82) is 0 Å². The van der Waals surface area contributed by atoms with Crippen molar-refractivity contribution in [3.8, 4) is 0 Å². The van der Waals surface area contributed by atoms with Crippen molar-refractivity contribution in [2.75, 3.05) is 18.4 Å². The van der Waals surface area contributed by atoms with E-state index >= 15 is 0 Å². The molecule has 2 aliphatic rings. The van der Waals surface area contributed by atoms with E-state index in [1.165, 1.54) is 43.4 Å². The Labute approximate surface area is 179 Å². The first-order valence-corrected chi connectivity index (χ1v) is 11.5. The molecule has 6 nitrogen and oxygen atoms in total. The number of aromatic nitrogens is 2. The first-order chi connectivity index (χ1) is 14.1. The standard InChI is InChI=1S/C21H25ClN4O2S/c22-17-8-6-16(7-9-17)20(28)26-12-10-14(11-13-26)18(27)23-21-25-24-19(29-21)15-4-2-1-3-5-15/h6-9,14-15H,1-5,10-13H2,(H,23,25,27). The number of carbonyl (C=O) groups is 2. The fraction of sp³-hybridized carbons (Fsp3) is 0.524. The van der Waals surface area contributed by atoms with Crippen molar-refractivity contribution < 1.29 is 9.59 Å². The maximum Gasteiger partial charge on any atom is 0.253 e. The number of hydrogen-bond donors (Lipinski definition) is 1.